The van der Waals surface area contributed by atoms with Crippen LogP contribution in [0.2, 0.25) is 0 Å². The molecule has 1 fully saturated rings. The molecule has 4 atom stereocenters. The van der Waals surface area contributed by atoms with Gasteiger partial charge in [-0.15, -0.1) is 0 Å². The summed E-state index contributed by atoms with van der Waals surface area (Å²) in [6, 6.07) is 6.05. The molecule has 0 N–H and O–H groups in total. The minimum atomic E-state index is -0.987. The predicted octanol–water partition coefficient (Wildman–Crippen LogP) is 3.61. The van der Waals surface area contributed by atoms with Gasteiger partial charge in [-0.2, -0.15) is 0 Å². The second-order valence-electron chi connectivity index (χ2n) is 7.80. The zero-order chi connectivity index (χ0) is 22.0. The summed E-state index contributed by atoms with van der Waals surface area (Å²) in [7, 11) is 1.23. The van der Waals surface area contributed by atoms with Crippen LogP contribution in [-0.2, 0) is 23.9 Å². The lowest BCUT2D eigenvalue weighted by Crippen LogP contribution is -2.48. The van der Waals surface area contributed by atoms with E-state index in [-0.39, 0.29) is 23.7 Å². The third-order valence-electron chi connectivity index (χ3n) is 5.77. The molecular formula is C23H26FNO5. The van der Waals surface area contributed by atoms with E-state index in [2.05, 4.69) is 4.99 Å². The van der Waals surface area contributed by atoms with Crippen molar-refractivity contribution in [3.63, 3.8) is 0 Å². The molecule has 7 heteroatoms. The monoisotopic (exact) mass is 415 g/mol. The summed E-state index contributed by atoms with van der Waals surface area (Å²) in [5.74, 6) is -5.29. The van der Waals surface area contributed by atoms with Crippen LogP contribution in [0.3, 0.4) is 0 Å². The van der Waals surface area contributed by atoms with Crippen molar-refractivity contribution >= 4 is 23.4 Å². The van der Waals surface area contributed by atoms with E-state index in [1.165, 1.54) is 13.2 Å². The highest BCUT2D eigenvalue weighted by Crippen LogP contribution is 2.46. The molecule has 2 aliphatic rings. The number of methoxy groups -OCH3 is 1. The van der Waals surface area contributed by atoms with E-state index < -0.39 is 41.3 Å². The quantitative estimate of drug-likeness (QED) is 0.542. The zero-order valence-electron chi connectivity index (χ0n) is 17.6. The number of ether oxygens (including phenoxy) is 2. The summed E-state index contributed by atoms with van der Waals surface area (Å²) in [5, 5.41) is 0. The standard InChI is InChI=1S/C23H26FNO5/c1-5-10-30-23(28)18-13(3)25-16-11-12(2)17(22(27)29-4)21(26)20(16)19(18)14-8-6-7-9-15(14)24/h6-9,12,17,19-20H,5,10-11H2,1-4H3/t12-,17-,19+,20-/m1/s1. The number of ketones is 1. The van der Waals surface area contributed by atoms with Crippen molar-refractivity contribution in [1.29, 1.82) is 0 Å². The molecule has 1 heterocycles. The maximum atomic E-state index is 14.9. The molecule has 1 aromatic rings. The number of fused-ring (bicyclic) bond motifs is 1. The predicted molar refractivity (Wildman–Crippen MR) is 108 cm³/mol. The number of carbonyl (C=O) groups excluding carboxylic acids is 3. The first-order chi connectivity index (χ1) is 14.3. The van der Waals surface area contributed by atoms with E-state index >= 15 is 0 Å². The van der Waals surface area contributed by atoms with E-state index in [4.69, 9.17) is 9.47 Å². The summed E-state index contributed by atoms with van der Waals surface area (Å²) in [4.78, 5) is 43.3. The number of carbonyl (C=O) groups is 3. The van der Waals surface area contributed by atoms with E-state index in [0.29, 0.717) is 24.3 Å². The maximum absolute atomic E-state index is 14.9. The highest BCUT2D eigenvalue weighted by atomic mass is 19.1. The van der Waals surface area contributed by atoms with E-state index in [9.17, 15) is 18.8 Å². The number of esters is 2. The highest BCUT2D eigenvalue weighted by Gasteiger charge is 2.51. The molecule has 0 unspecified atom stereocenters. The summed E-state index contributed by atoms with van der Waals surface area (Å²) in [6.07, 6.45) is 1.01. The van der Waals surface area contributed by atoms with Gasteiger partial charge < -0.3 is 9.47 Å². The number of hydrogen-bond donors (Lipinski definition) is 0. The van der Waals surface area contributed by atoms with Crippen molar-refractivity contribution in [3.05, 3.63) is 46.9 Å². The summed E-state index contributed by atoms with van der Waals surface area (Å²) >= 11 is 0. The van der Waals surface area contributed by atoms with Crippen LogP contribution in [0.1, 0.15) is 45.1 Å². The lowest BCUT2D eigenvalue weighted by molar-refractivity contribution is -0.152. The fraction of sp³-hybridized carbons (Fsp3) is 0.478. The lowest BCUT2D eigenvalue weighted by atomic mass is 9.63. The van der Waals surface area contributed by atoms with Gasteiger partial charge in [0.05, 0.1) is 25.2 Å². The maximum Gasteiger partial charge on any atom is 0.336 e. The Kier molecular flexibility index (Phi) is 6.48. The van der Waals surface area contributed by atoms with Crippen molar-refractivity contribution in [2.24, 2.45) is 22.7 Å². The molecule has 1 saturated carbocycles. The zero-order valence-corrected chi connectivity index (χ0v) is 17.6. The number of allylic oxidation sites excluding steroid dienone is 1. The van der Waals surface area contributed by atoms with Crippen molar-refractivity contribution < 1.29 is 28.2 Å². The third kappa shape index (κ3) is 3.80. The molecule has 0 spiro atoms. The van der Waals surface area contributed by atoms with Crippen molar-refractivity contribution in [1.82, 2.24) is 0 Å². The Morgan fingerprint density at radius 1 is 1.23 bits per heavy atom. The van der Waals surface area contributed by atoms with Gasteiger partial charge >= 0.3 is 11.9 Å². The van der Waals surface area contributed by atoms with Crippen molar-refractivity contribution in [2.75, 3.05) is 13.7 Å². The number of rotatable bonds is 5. The van der Waals surface area contributed by atoms with Gasteiger partial charge in [0.2, 0.25) is 0 Å². The minimum Gasteiger partial charge on any atom is -0.468 e. The first kappa shape index (κ1) is 21.9. The minimum absolute atomic E-state index is 0.161. The van der Waals surface area contributed by atoms with Crippen LogP contribution in [0.15, 0.2) is 40.5 Å². The van der Waals surface area contributed by atoms with Gasteiger partial charge in [0, 0.05) is 17.3 Å². The number of hydrogen-bond acceptors (Lipinski definition) is 6. The number of aliphatic imine (C=N–C) groups is 1. The fourth-order valence-electron chi connectivity index (χ4n) is 4.44. The molecule has 3 rings (SSSR count). The molecule has 1 aliphatic carbocycles. The molecule has 1 aromatic carbocycles. The van der Waals surface area contributed by atoms with Crippen LogP contribution in [-0.4, -0.2) is 37.2 Å². The van der Waals surface area contributed by atoms with E-state index in [1.54, 1.807) is 32.0 Å². The molecule has 0 radical (unpaired) electrons. The average molecular weight is 415 g/mol. The molecule has 30 heavy (non-hydrogen) atoms. The van der Waals surface area contributed by atoms with Gasteiger partial charge in [-0.3, -0.25) is 14.6 Å². The molecule has 0 saturated heterocycles. The van der Waals surface area contributed by atoms with Gasteiger partial charge in [-0.05, 0) is 37.3 Å². The number of benzene rings is 1. The SMILES string of the molecule is CCCOC(=O)C1=C(C)N=C2C[C@@H](C)[C@@H](C(=O)OC)C(=O)[C@H]2[C@H]1c1ccccc1F. The first-order valence-electron chi connectivity index (χ1n) is 10.1. The summed E-state index contributed by atoms with van der Waals surface area (Å²) in [5.41, 5.74) is 1.34. The smallest absolute Gasteiger partial charge is 0.336 e. The Balaban J connectivity index is 2.17. The van der Waals surface area contributed by atoms with E-state index in [1.807, 2.05) is 6.92 Å². The third-order valence-corrected chi connectivity index (χ3v) is 5.77. The van der Waals surface area contributed by atoms with Gasteiger partial charge in [-0.1, -0.05) is 32.0 Å². The van der Waals surface area contributed by atoms with Crippen LogP contribution < -0.4 is 0 Å². The molecule has 1 aliphatic heterocycles. The molecule has 0 aromatic heterocycles. The summed E-state index contributed by atoms with van der Waals surface area (Å²) < 4.78 is 25.0. The van der Waals surface area contributed by atoms with Crippen LogP contribution in [0.25, 0.3) is 0 Å². The van der Waals surface area contributed by atoms with Crippen molar-refractivity contribution in [2.45, 2.75) is 39.5 Å². The molecular weight excluding hydrogens is 389 g/mol. The normalized spacial score (nSPS) is 26.0. The molecule has 160 valence electrons. The van der Waals surface area contributed by atoms with Crippen LogP contribution in [0.4, 0.5) is 4.39 Å². The Morgan fingerprint density at radius 2 is 1.93 bits per heavy atom. The Bertz CT molecular complexity index is 935. The Labute approximate surface area is 175 Å². The van der Waals surface area contributed by atoms with Crippen molar-refractivity contribution in [3.8, 4) is 0 Å². The van der Waals surface area contributed by atoms with Crippen LogP contribution in [0, 0.1) is 23.6 Å². The second-order valence-corrected chi connectivity index (χ2v) is 7.80. The summed E-state index contributed by atoms with van der Waals surface area (Å²) in [6.45, 7) is 5.53. The Morgan fingerprint density at radius 3 is 2.57 bits per heavy atom. The van der Waals surface area contributed by atoms with Crippen LogP contribution in [0.5, 0.6) is 0 Å². The van der Waals surface area contributed by atoms with E-state index in [0.717, 1.165) is 0 Å². The Hall–Kier alpha value is -2.83. The first-order valence-corrected chi connectivity index (χ1v) is 10.1. The number of nitrogens with zero attached hydrogens (tertiary/aromatic N) is 1. The molecule has 6 nitrogen and oxygen atoms in total. The topological polar surface area (TPSA) is 82.0 Å². The van der Waals surface area contributed by atoms with Gasteiger partial charge in [0.15, 0.2) is 5.78 Å². The number of Topliss-reactive ketones (excluding diaryl/α,β-unsaturated/α-hetero) is 1. The fourth-order valence-corrected chi connectivity index (χ4v) is 4.44. The van der Waals surface area contributed by atoms with Crippen LogP contribution >= 0.6 is 0 Å². The average Bonchev–Trinajstić information content (AvgIpc) is 2.71. The largest absolute Gasteiger partial charge is 0.468 e. The van der Waals surface area contributed by atoms with Gasteiger partial charge in [0.25, 0.3) is 0 Å². The second kappa shape index (κ2) is 8.90. The lowest BCUT2D eigenvalue weighted by Gasteiger charge is -2.40. The number of halogens is 1. The molecule has 0 amide bonds. The van der Waals surface area contributed by atoms with Gasteiger partial charge in [-0.25, -0.2) is 9.18 Å². The van der Waals surface area contributed by atoms with Gasteiger partial charge in [0.1, 0.15) is 11.7 Å². The molecule has 0 bridgehead atoms. The highest BCUT2D eigenvalue weighted by molar-refractivity contribution is 6.17.